The van der Waals surface area contributed by atoms with E-state index in [0.29, 0.717) is 5.69 Å². The van der Waals surface area contributed by atoms with Crippen LogP contribution in [-0.4, -0.2) is 16.0 Å². The molecule has 0 aliphatic rings. The van der Waals surface area contributed by atoms with Crippen molar-refractivity contribution in [2.24, 2.45) is 0 Å². The van der Waals surface area contributed by atoms with Crippen molar-refractivity contribution >= 4 is 11.9 Å². The second-order valence-corrected chi connectivity index (χ2v) is 3.47. The third kappa shape index (κ3) is 3.72. The third-order valence-electron chi connectivity index (χ3n) is 2.23. The summed E-state index contributed by atoms with van der Waals surface area (Å²) in [6, 6.07) is 0. The van der Waals surface area contributed by atoms with E-state index in [-0.39, 0.29) is 5.78 Å². The summed E-state index contributed by atoms with van der Waals surface area (Å²) in [5.74, 6) is -0.0224. The van der Waals surface area contributed by atoms with Crippen molar-refractivity contribution in [1.82, 2.24) is 10.2 Å². The molecule has 0 amide bonds. The van der Waals surface area contributed by atoms with Gasteiger partial charge in [0.05, 0.1) is 6.20 Å². The average molecular weight is 228 g/mol. The van der Waals surface area contributed by atoms with Crippen molar-refractivity contribution in [2.45, 2.75) is 13.8 Å². The number of carbonyl (C=O) groups excluding carboxylic acids is 1. The zero-order valence-corrected chi connectivity index (χ0v) is 10.1. The van der Waals surface area contributed by atoms with Gasteiger partial charge in [0.25, 0.3) is 0 Å². The Bertz CT molecular complexity index is 490. The van der Waals surface area contributed by atoms with Gasteiger partial charge in [0.2, 0.25) is 0 Å². The molecule has 3 heteroatoms. The number of aromatic nitrogens is 2. The molecule has 1 aromatic heterocycles. The standard InChI is InChI=1S/C14H16N2O/c1-4-6-7-12(5-2)8-9-13-10-15-16-14(13)11(3)17/h4-10H,1H2,2-3H3,(H,15,16)/b7-6-,9-8+,12-5+. The molecule has 1 rings (SSSR count). The third-order valence-corrected chi connectivity index (χ3v) is 2.23. The number of aromatic amines is 1. The molecule has 0 saturated carbocycles. The number of hydrogen-bond acceptors (Lipinski definition) is 2. The van der Waals surface area contributed by atoms with E-state index in [2.05, 4.69) is 16.8 Å². The first-order valence-corrected chi connectivity index (χ1v) is 5.36. The van der Waals surface area contributed by atoms with Crippen LogP contribution in [0.4, 0.5) is 0 Å². The van der Waals surface area contributed by atoms with Gasteiger partial charge >= 0.3 is 0 Å². The summed E-state index contributed by atoms with van der Waals surface area (Å²) in [4.78, 5) is 11.3. The first kappa shape index (κ1) is 12.9. The van der Waals surface area contributed by atoms with Gasteiger partial charge in [0.1, 0.15) is 5.69 Å². The van der Waals surface area contributed by atoms with Crippen LogP contribution in [0.1, 0.15) is 29.9 Å². The molecule has 0 radical (unpaired) electrons. The Morgan fingerprint density at radius 3 is 2.82 bits per heavy atom. The molecule has 0 atom stereocenters. The number of nitrogens with one attached hydrogen (secondary N) is 1. The Labute approximate surface area is 101 Å². The van der Waals surface area contributed by atoms with E-state index >= 15 is 0 Å². The summed E-state index contributed by atoms with van der Waals surface area (Å²) >= 11 is 0. The topological polar surface area (TPSA) is 45.8 Å². The summed E-state index contributed by atoms with van der Waals surface area (Å²) in [6.07, 6.45) is 12.9. The second kappa shape index (κ2) is 6.43. The van der Waals surface area contributed by atoms with Gasteiger partial charge in [-0.2, -0.15) is 5.10 Å². The monoisotopic (exact) mass is 228 g/mol. The Morgan fingerprint density at radius 2 is 2.24 bits per heavy atom. The van der Waals surface area contributed by atoms with Gasteiger partial charge in [-0.25, -0.2) is 0 Å². The van der Waals surface area contributed by atoms with E-state index < -0.39 is 0 Å². The zero-order valence-electron chi connectivity index (χ0n) is 10.1. The van der Waals surface area contributed by atoms with E-state index in [1.807, 2.05) is 37.3 Å². The van der Waals surface area contributed by atoms with Crippen LogP contribution in [-0.2, 0) is 0 Å². The normalized spacial score (nSPS) is 12.5. The molecule has 17 heavy (non-hydrogen) atoms. The predicted octanol–water partition coefficient (Wildman–Crippen LogP) is 3.31. The number of allylic oxidation sites excluding steroid dienone is 6. The summed E-state index contributed by atoms with van der Waals surface area (Å²) in [6.45, 7) is 7.08. The molecule has 0 aliphatic heterocycles. The summed E-state index contributed by atoms with van der Waals surface area (Å²) < 4.78 is 0. The van der Waals surface area contributed by atoms with Gasteiger partial charge in [0.15, 0.2) is 5.78 Å². The number of carbonyl (C=O) groups is 1. The Kier molecular flexibility index (Phi) is 4.88. The van der Waals surface area contributed by atoms with Crippen LogP contribution >= 0.6 is 0 Å². The van der Waals surface area contributed by atoms with Crippen LogP contribution in [0, 0.1) is 0 Å². The van der Waals surface area contributed by atoms with Crippen molar-refractivity contribution in [3.05, 3.63) is 60.0 Å². The SMILES string of the molecule is C=C\C=C/C(/C=C/c1cn[nH]c1C(C)=O)=C\C. The molecule has 0 unspecified atom stereocenters. The van der Waals surface area contributed by atoms with Crippen LogP contribution in [0.15, 0.2) is 48.7 Å². The molecule has 1 N–H and O–H groups in total. The van der Waals surface area contributed by atoms with Crippen LogP contribution < -0.4 is 0 Å². The van der Waals surface area contributed by atoms with Gasteiger partial charge in [-0.3, -0.25) is 9.89 Å². The number of rotatable bonds is 5. The lowest BCUT2D eigenvalue weighted by Gasteiger charge is -1.93. The van der Waals surface area contributed by atoms with Gasteiger partial charge in [-0.15, -0.1) is 0 Å². The van der Waals surface area contributed by atoms with Crippen LogP contribution in [0.25, 0.3) is 6.08 Å². The zero-order chi connectivity index (χ0) is 12.7. The van der Waals surface area contributed by atoms with E-state index in [1.54, 1.807) is 12.3 Å². The van der Waals surface area contributed by atoms with Crippen molar-refractivity contribution < 1.29 is 4.79 Å². The minimum absolute atomic E-state index is 0.0224. The molecular formula is C14H16N2O. The fraction of sp³-hybridized carbons (Fsp3) is 0.143. The highest BCUT2D eigenvalue weighted by atomic mass is 16.1. The lowest BCUT2D eigenvalue weighted by Crippen LogP contribution is -1.94. The van der Waals surface area contributed by atoms with E-state index in [9.17, 15) is 4.79 Å². The molecule has 1 aromatic rings. The lowest BCUT2D eigenvalue weighted by atomic mass is 10.1. The molecule has 0 aliphatic carbocycles. The first-order valence-electron chi connectivity index (χ1n) is 5.36. The van der Waals surface area contributed by atoms with Crippen LogP contribution in [0.5, 0.6) is 0 Å². The van der Waals surface area contributed by atoms with E-state index in [4.69, 9.17) is 0 Å². The number of ketones is 1. The number of H-pyrrole nitrogens is 1. The number of hydrogen-bond donors (Lipinski definition) is 1. The minimum Gasteiger partial charge on any atom is -0.293 e. The summed E-state index contributed by atoms with van der Waals surface area (Å²) in [5.41, 5.74) is 2.37. The molecule has 88 valence electrons. The summed E-state index contributed by atoms with van der Waals surface area (Å²) in [7, 11) is 0. The van der Waals surface area contributed by atoms with Crippen LogP contribution in [0.2, 0.25) is 0 Å². The molecule has 0 fully saturated rings. The lowest BCUT2D eigenvalue weighted by molar-refractivity contribution is 0.101. The fourth-order valence-electron chi connectivity index (χ4n) is 1.32. The Hall–Kier alpha value is -2.16. The summed E-state index contributed by atoms with van der Waals surface area (Å²) in [5, 5.41) is 6.54. The largest absolute Gasteiger partial charge is 0.293 e. The number of nitrogens with zero attached hydrogens (tertiary/aromatic N) is 1. The highest BCUT2D eigenvalue weighted by Crippen LogP contribution is 2.10. The average Bonchev–Trinajstić information content (AvgIpc) is 2.78. The van der Waals surface area contributed by atoms with Gasteiger partial charge in [-0.05, 0) is 12.5 Å². The maximum atomic E-state index is 11.3. The smallest absolute Gasteiger partial charge is 0.178 e. The Morgan fingerprint density at radius 1 is 1.47 bits per heavy atom. The maximum absolute atomic E-state index is 11.3. The second-order valence-electron chi connectivity index (χ2n) is 3.47. The minimum atomic E-state index is -0.0224. The molecule has 0 saturated heterocycles. The van der Waals surface area contributed by atoms with Crippen molar-refractivity contribution in [1.29, 1.82) is 0 Å². The van der Waals surface area contributed by atoms with Crippen LogP contribution in [0.3, 0.4) is 0 Å². The molecule has 0 aromatic carbocycles. The Balaban J connectivity index is 2.89. The molecule has 1 heterocycles. The van der Waals surface area contributed by atoms with E-state index in [1.165, 1.54) is 6.92 Å². The molecule has 0 spiro atoms. The fourth-order valence-corrected chi connectivity index (χ4v) is 1.32. The molecule has 0 bridgehead atoms. The van der Waals surface area contributed by atoms with Crippen molar-refractivity contribution in [2.75, 3.05) is 0 Å². The number of Topliss-reactive ketones (excluding diaryl/α,β-unsaturated/α-hetero) is 1. The predicted molar refractivity (Wildman–Crippen MR) is 70.7 cm³/mol. The van der Waals surface area contributed by atoms with E-state index in [0.717, 1.165) is 11.1 Å². The van der Waals surface area contributed by atoms with Gasteiger partial charge in [0, 0.05) is 12.5 Å². The highest BCUT2D eigenvalue weighted by molar-refractivity contribution is 5.95. The molecule has 3 nitrogen and oxygen atoms in total. The van der Waals surface area contributed by atoms with Crippen molar-refractivity contribution in [3.8, 4) is 0 Å². The molecular weight excluding hydrogens is 212 g/mol. The highest BCUT2D eigenvalue weighted by Gasteiger charge is 2.05. The van der Waals surface area contributed by atoms with Gasteiger partial charge < -0.3 is 0 Å². The first-order chi connectivity index (χ1) is 8.19. The quantitative estimate of drug-likeness (QED) is 0.620. The van der Waals surface area contributed by atoms with Gasteiger partial charge in [-0.1, -0.05) is 43.0 Å². The van der Waals surface area contributed by atoms with Crippen molar-refractivity contribution in [3.63, 3.8) is 0 Å². The maximum Gasteiger partial charge on any atom is 0.178 e.